The van der Waals surface area contributed by atoms with E-state index in [1.54, 1.807) is 16.8 Å². The Morgan fingerprint density at radius 3 is 2.29 bits per heavy atom. The van der Waals surface area contributed by atoms with Gasteiger partial charge in [-0.25, -0.2) is 0 Å². The van der Waals surface area contributed by atoms with Crippen LogP contribution in [0.5, 0.6) is 0 Å². The summed E-state index contributed by atoms with van der Waals surface area (Å²) in [7, 11) is 0. The van der Waals surface area contributed by atoms with Gasteiger partial charge in [-0.3, -0.25) is 4.98 Å². The molecule has 0 saturated carbocycles. The Kier molecular flexibility index (Phi) is 5.84. The SMILES string of the molecule is Cc1cc([C@@H]2[C@@H](c3ccccn3)NC(=S)N2c2ccccc2)c(C)n1-c1ccccc1C(F)(F)F. The van der Waals surface area contributed by atoms with Crippen molar-refractivity contribution >= 4 is 23.0 Å². The van der Waals surface area contributed by atoms with E-state index in [-0.39, 0.29) is 17.8 Å². The molecule has 4 nitrogen and oxygen atoms in total. The van der Waals surface area contributed by atoms with Crippen molar-refractivity contribution in [3.05, 3.63) is 113 Å². The van der Waals surface area contributed by atoms with E-state index in [4.69, 9.17) is 12.2 Å². The van der Waals surface area contributed by atoms with Crippen molar-refractivity contribution in [2.75, 3.05) is 4.90 Å². The Morgan fingerprint density at radius 2 is 1.60 bits per heavy atom. The molecule has 5 rings (SSSR count). The Hall–Kier alpha value is -3.65. The van der Waals surface area contributed by atoms with Gasteiger partial charge in [0.05, 0.1) is 29.0 Å². The summed E-state index contributed by atoms with van der Waals surface area (Å²) in [5, 5.41) is 3.94. The van der Waals surface area contributed by atoms with E-state index in [1.807, 2.05) is 73.3 Å². The second-order valence-electron chi connectivity index (χ2n) is 8.51. The van der Waals surface area contributed by atoms with Crippen LogP contribution >= 0.6 is 12.2 Å². The van der Waals surface area contributed by atoms with Crippen LogP contribution in [0.2, 0.25) is 0 Å². The molecule has 178 valence electrons. The van der Waals surface area contributed by atoms with Crippen molar-refractivity contribution in [2.24, 2.45) is 0 Å². The first-order valence-corrected chi connectivity index (χ1v) is 11.6. The summed E-state index contributed by atoms with van der Waals surface area (Å²) in [6.07, 6.45) is -2.74. The smallest absolute Gasteiger partial charge is 0.351 e. The van der Waals surface area contributed by atoms with E-state index in [1.165, 1.54) is 12.1 Å². The van der Waals surface area contributed by atoms with Crippen LogP contribution in [0.25, 0.3) is 5.69 Å². The lowest BCUT2D eigenvalue weighted by Gasteiger charge is -2.28. The van der Waals surface area contributed by atoms with Gasteiger partial charge in [0, 0.05) is 23.3 Å². The molecule has 1 saturated heterocycles. The minimum absolute atomic E-state index is 0.107. The third-order valence-electron chi connectivity index (χ3n) is 6.37. The predicted molar refractivity (Wildman–Crippen MR) is 135 cm³/mol. The van der Waals surface area contributed by atoms with Gasteiger partial charge in [0.1, 0.15) is 0 Å². The summed E-state index contributed by atoms with van der Waals surface area (Å²) in [5.74, 6) is 0. The van der Waals surface area contributed by atoms with Gasteiger partial charge >= 0.3 is 6.18 Å². The van der Waals surface area contributed by atoms with Crippen LogP contribution in [-0.2, 0) is 6.18 Å². The highest BCUT2D eigenvalue weighted by molar-refractivity contribution is 7.80. The predicted octanol–water partition coefficient (Wildman–Crippen LogP) is 6.69. The van der Waals surface area contributed by atoms with Crippen molar-refractivity contribution in [1.29, 1.82) is 0 Å². The van der Waals surface area contributed by atoms with E-state index in [0.29, 0.717) is 10.8 Å². The largest absolute Gasteiger partial charge is 0.418 e. The number of nitrogens with one attached hydrogen (secondary N) is 1. The lowest BCUT2D eigenvalue weighted by atomic mass is 9.96. The highest BCUT2D eigenvalue weighted by atomic mass is 32.1. The number of nitrogens with zero attached hydrogens (tertiary/aromatic N) is 3. The molecule has 35 heavy (non-hydrogen) atoms. The van der Waals surface area contributed by atoms with Crippen LogP contribution in [0.15, 0.2) is 85.1 Å². The quantitative estimate of drug-likeness (QED) is 0.322. The fourth-order valence-electron chi connectivity index (χ4n) is 4.90. The van der Waals surface area contributed by atoms with Crippen molar-refractivity contribution in [3.63, 3.8) is 0 Å². The van der Waals surface area contributed by atoms with Gasteiger partial charge in [-0.1, -0.05) is 36.4 Å². The minimum atomic E-state index is -4.47. The second-order valence-corrected chi connectivity index (χ2v) is 8.90. The number of hydrogen-bond acceptors (Lipinski definition) is 2. The van der Waals surface area contributed by atoms with Gasteiger partial charge in [0.25, 0.3) is 0 Å². The average molecular weight is 493 g/mol. The molecule has 2 aromatic carbocycles. The molecule has 1 N–H and O–H groups in total. The van der Waals surface area contributed by atoms with Crippen LogP contribution in [0.4, 0.5) is 18.9 Å². The molecule has 0 amide bonds. The Balaban J connectivity index is 1.70. The number of anilines is 1. The Morgan fingerprint density at radius 1 is 0.914 bits per heavy atom. The third-order valence-corrected chi connectivity index (χ3v) is 6.69. The van der Waals surface area contributed by atoms with Gasteiger partial charge in [-0.05, 0) is 74.1 Å². The molecule has 8 heteroatoms. The standard InChI is InChI=1S/C27H23F3N4S/c1-17-16-20(18(2)33(17)23-14-7-6-12-21(23)27(28,29)30)25-24(22-13-8-9-15-31-22)32-26(35)34(25)19-10-4-3-5-11-19/h3-16,24-25H,1-2H3,(H,32,35)/t24-,25-/m1/s1. The number of aryl methyl sites for hydroxylation is 1. The fraction of sp³-hybridized carbons (Fsp3) is 0.185. The summed E-state index contributed by atoms with van der Waals surface area (Å²) in [6, 6.07) is 22.5. The number of alkyl halides is 3. The lowest BCUT2D eigenvalue weighted by Crippen LogP contribution is -2.29. The second kappa shape index (κ2) is 8.85. The molecule has 0 spiro atoms. The zero-order valence-electron chi connectivity index (χ0n) is 19.1. The maximum Gasteiger partial charge on any atom is 0.418 e. The molecule has 0 unspecified atom stereocenters. The Labute approximate surface area is 207 Å². The Bertz CT molecular complexity index is 1370. The molecular formula is C27H23F3N4S. The average Bonchev–Trinajstić information content (AvgIpc) is 3.34. The molecule has 2 aromatic heterocycles. The highest BCUT2D eigenvalue weighted by Crippen LogP contribution is 2.44. The third kappa shape index (κ3) is 4.08. The summed E-state index contributed by atoms with van der Waals surface area (Å²) in [5.41, 5.74) is 3.45. The van der Waals surface area contributed by atoms with Gasteiger partial charge in [0.2, 0.25) is 0 Å². The van der Waals surface area contributed by atoms with E-state index in [2.05, 4.69) is 10.3 Å². The molecule has 1 aliphatic heterocycles. The zero-order valence-corrected chi connectivity index (χ0v) is 19.9. The number of thiocarbonyl (C=S) groups is 1. The lowest BCUT2D eigenvalue weighted by molar-refractivity contribution is -0.137. The van der Waals surface area contributed by atoms with E-state index in [0.717, 1.165) is 28.7 Å². The fourth-order valence-corrected chi connectivity index (χ4v) is 5.25. The zero-order chi connectivity index (χ0) is 24.7. The molecule has 2 atom stereocenters. The molecule has 0 bridgehead atoms. The molecule has 0 radical (unpaired) electrons. The van der Waals surface area contributed by atoms with Crippen molar-refractivity contribution in [1.82, 2.24) is 14.9 Å². The maximum atomic E-state index is 13.9. The van der Waals surface area contributed by atoms with Gasteiger partial charge in [-0.15, -0.1) is 0 Å². The number of pyridine rings is 1. The molecule has 1 fully saturated rings. The van der Waals surface area contributed by atoms with Crippen LogP contribution < -0.4 is 10.2 Å². The van der Waals surface area contributed by atoms with Gasteiger partial charge in [0.15, 0.2) is 5.11 Å². The van der Waals surface area contributed by atoms with Gasteiger partial charge in [-0.2, -0.15) is 13.2 Å². The van der Waals surface area contributed by atoms with Crippen molar-refractivity contribution < 1.29 is 13.2 Å². The molecule has 3 heterocycles. The minimum Gasteiger partial charge on any atom is -0.351 e. The topological polar surface area (TPSA) is 33.1 Å². The first-order chi connectivity index (χ1) is 16.8. The number of rotatable bonds is 4. The molecule has 1 aliphatic rings. The van der Waals surface area contributed by atoms with Crippen LogP contribution in [0, 0.1) is 13.8 Å². The van der Waals surface area contributed by atoms with E-state index < -0.39 is 11.7 Å². The van der Waals surface area contributed by atoms with E-state index >= 15 is 0 Å². The number of aromatic nitrogens is 2. The number of halogens is 3. The molecule has 4 aromatic rings. The summed E-state index contributed by atoms with van der Waals surface area (Å²) < 4.78 is 43.3. The van der Waals surface area contributed by atoms with Gasteiger partial charge < -0.3 is 14.8 Å². The van der Waals surface area contributed by atoms with Crippen molar-refractivity contribution in [3.8, 4) is 5.69 Å². The number of hydrogen-bond donors (Lipinski definition) is 1. The first kappa shape index (κ1) is 23.1. The molecule has 0 aliphatic carbocycles. The first-order valence-electron chi connectivity index (χ1n) is 11.2. The van der Waals surface area contributed by atoms with E-state index in [9.17, 15) is 13.2 Å². The summed E-state index contributed by atoms with van der Waals surface area (Å²) >= 11 is 5.75. The van der Waals surface area contributed by atoms with Crippen molar-refractivity contribution in [2.45, 2.75) is 32.1 Å². The van der Waals surface area contributed by atoms with Crippen LogP contribution in [0.1, 0.15) is 40.3 Å². The summed E-state index contributed by atoms with van der Waals surface area (Å²) in [6.45, 7) is 3.68. The highest BCUT2D eigenvalue weighted by Gasteiger charge is 2.42. The maximum absolute atomic E-state index is 13.9. The summed E-state index contributed by atoms with van der Waals surface area (Å²) in [4.78, 5) is 6.58. The molecular weight excluding hydrogens is 469 g/mol. The normalized spacial score (nSPS) is 18.1. The number of benzene rings is 2. The number of para-hydroxylation sites is 2. The van der Waals surface area contributed by atoms with Crippen LogP contribution in [-0.4, -0.2) is 14.7 Å². The van der Waals surface area contributed by atoms with Crippen LogP contribution in [0.3, 0.4) is 0 Å². The monoisotopic (exact) mass is 492 g/mol.